The fourth-order valence-electron chi connectivity index (χ4n) is 2.05. The van der Waals surface area contributed by atoms with Crippen LogP contribution in [0.1, 0.15) is 6.92 Å². The van der Waals surface area contributed by atoms with Crippen LogP contribution in [0.2, 0.25) is 0 Å². The standard InChI is InChI=1S/C14H16N6O2/c1-11(21)19-5-7-20(8-6-19)13(22)12(9-15)10-18-14-16-3-2-4-17-14/h2-4,10H,5-8H2,1H3,(H,16,17,18)/b12-10-. The number of amides is 2. The molecule has 1 saturated heterocycles. The molecule has 2 amide bonds. The summed E-state index contributed by atoms with van der Waals surface area (Å²) in [6.07, 6.45) is 4.41. The summed E-state index contributed by atoms with van der Waals surface area (Å²) in [4.78, 5) is 34.7. The van der Waals surface area contributed by atoms with Crippen molar-refractivity contribution in [2.75, 3.05) is 31.5 Å². The summed E-state index contributed by atoms with van der Waals surface area (Å²) < 4.78 is 0. The zero-order valence-electron chi connectivity index (χ0n) is 12.2. The Morgan fingerprint density at radius 1 is 1.23 bits per heavy atom. The third kappa shape index (κ3) is 3.79. The van der Waals surface area contributed by atoms with Gasteiger partial charge in [0.05, 0.1) is 0 Å². The van der Waals surface area contributed by atoms with E-state index in [0.29, 0.717) is 32.1 Å². The highest BCUT2D eigenvalue weighted by molar-refractivity contribution is 5.97. The van der Waals surface area contributed by atoms with Gasteiger partial charge in [-0.1, -0.05) is 0 Å². The van der Waals surface area contributed by atoms with Crippen LogP contribution in [-0.4, -0.2) is 57.8 Å². The van der Waals surface area contributed by atoms with E-state index < -0.39 is 0 Å². The minimum atomic E-state index is -0.367. The van der Waals surface area contributed by atoms with E-state index in [4.69, 9.17) is 5.26 Å². The summed E-state index contributed by atoms with van der Waals surface area (Å²) in [6.45, 7) is 3.30. The summed E-state index contributed by atoms with van der Waals surface area (Å²) in [5, 5.41) is 11.9. The summed E-state index contributed by atoms with van der Waals surface area (Å²) in [6, 6.07) is 3.54. The number of nitriles is 1. The molecule has 1 aromatic rings. The monoisotopic (exact) mass is 300 g/mol. The first-order valence-corrected chi connectivity index (χ1v) is 6.80. The van der Waals surface area contributed by atoms with Gasteiger partial charge in [0, 0.05) is 51.7 Å². The highest BCUT2D eigenvalue weighted by Crippen LogP contribution is 2.07. The minimum absolute atomic E-state index is 0.00830. The van der Waals surface area contributed by atoms with Crippen molar-refractivity contribution in [2.24, 2.45) is 0 Å². The maximum Gasteiger partial charge on any atom is 0.266 e. The van der Waals surface area contributed by atoms with E-state index in [1.807, 2.05) is 6.07 Å². The largest absolute Gasteiger partial charge is 0.339 e. The number of carbonyl (C=O) groups excluding carboxylic acids is 2. The van der Waals surface area contributed by atoms with Crippen LogP contribution in [0.15, 0.2) is 30.2 Å². The molecule has 2 heterocycles. The summed E-state index contributed by atoms with van der Waals surface area (Å²) in [7, 11) is 0. The average Bonchev–Trinajstić information content (AvgIpc) is 2.56. The lowest BCUT2D eigenvalue weighted by molar-refractivity contribution is -0.136. The van der Waals surface area contributed by atoms with Gasteiger partial charge < -0.3 is 15.1 Å². The maximum atomic E-state index is 12.3. The van der Waals surface area contributed by atoms with Gasteiger partial charge in [0.1, 0.15) is 11.6 Å². The highest BCUT2D eigenvalue weighted by atomic mass is 16.2. The zero-order valence-corrected chi connectivity index (χ0v) is 12.2. The van der Waals surface area contributed by atoms with Gasteiger partial charge in [-0.3, -0.25) is 9.59 Å². The van der Waals surface area contributed by atoms with E-state index >= 15 is 0 Å². The Morgan fingerprint density at radius 2 is 1.82 bits per heavy atom. The number of hydrogen-bond donors (Lipinski definition) is 1. The molecule has 0 radical (unpaired) electrons. The number of nitrogens with one attached hydrogen (secondary N) is 1. The third-order valence-corrected chi connectivity index (χ3v) is 3.27. The number of carbonyl (C=O) groups is 2. The Balaban J connectivity index is 1.98. The van der Waals surface area contributed by atoms with E-state index in [1.165, 1.54) is 13.1 Å². The average molecular weight is 300 g/mol. The molecule has 22 heavy (non-hydrogen) atoms. The first-order chi connectivity index (χ1) is 10.6. The first-order valence-electron chi connectivity index (χ1n) is 6.80. The molecule has 0 spiro atoms. The van der Waals surface area contributed by atoms with Crippen LogP contribution in [0.5, 0.6) is 0 Å². The van der Waals surface area contributed by atoms with Crippen molar-refractivity contribution in [2.45, 2.75) is 6.92 Å². The molecule has 1 aromatic heterocycles. The Morgan fingerprint density at radius 3 is 2.36 bits per heavy atom. The number of hydrogen-bond acceptors (Lipinski definition) is 6. The molecular weight excluding hydrogens is 284 g/mol. The molecule has 1 aliphatic rings. The predicted octanol–water partition coefficient (Wildman–Crippen LogP) is -0.0133. The fourth-order valence-corrected chi connectivity index (χ4v) is 2.05. The van der Waals surface area contributed by atoms with Gasteiger partial charge in [0.25, 0.3) is 5.91 Å². The van der Waals surface area contributed by atoms with E-state index in [1.54, 1.807) is 28.3 Å². The predicted molar refractivity (Wildman–Crippen MR) is 78.2 cm³/mol. The smallest absolute Gasteiger partial charge is 0.266 e. The van der Waals surface area contributed by atoms with Gasteiger partial charge in [-0.2, -0.15) is 5.26 Å². The van der Waals surface area contributed by atoms with Crippen molar-refractivity contribution in [3.05, 3.63) is 30.2 Å². The van der Waals surface area contributed by atoms with Crippen molar-refractivity contribution >= 4 is 17.8 Å². The highest BCUT2D eigenvalue weighted by Gasteiger charge is 2.24. The Bertz CT molecular complexity index is 614. The van der Waals surface area contributed by atoms with Crippen LogP contribution in [-0.2, 0) is 9.59 Å². The molecule has 0 aromatic carbocycles. The van der Waals surface area contributed by atoms with E-state index in [0.717, 1.165) is 0 Å². The molecule has 2 rings (SSSR count). The van der Waals surface area contributed by atoms with Crippen molar-refractivity contribution in [1.29, 1.82) is 5.26 Å². The van der Waals surface area contributed by atoms with Crippen LogP contribution in [0, 0.1) is 11.3 Å². The summed E-state index contributed by atoms with van der Waals surface area (Å²) in [5.41, 5.74) is -0.0243. The van der Waals surface area contributed by atoms with Crippen molar-refractivity contribution in [3.8, 4) is 6.07 Å². The fraction of sp³-hybridized carbons (Fsp3) is 0.357. The van der Waals surface area contributed by atoms with Crippen molar-refractivity contribution in [3.63, 3.8) is 0 Å². The Hall–Kier alpha value is -2.95. The second-order valence-corrected chi connectivity index (χ2v) is 4.68. The molecule has 1 aliphatic heterocycles. The summed E-state index contributed by atoms with van der Waals surface area (Å²) >= 11 is 0. The van der Waals surface area contributed by atoms with E-state index in [2.05, 4.69) is 15.3 Å². The van der Waals surface area contributed by atoms with E-state index in [-0.39, 0.29) is 17.4 Å². The molecule has 8 nitrogen and oxygen atoms in total. The second kappa shape index (κ2) is 7.17. The van der Waals surface area contributed by atoms with Gasteiger partial charge in [0.15, 0.2) is 0 Å². The van der Waals surface area contributed by atoms with Crippen LogP contribution < -0.4 is 5.32 Å². The lowest BCUT2D eigenvalue weighted by Crippen LogP contribution is -2.50. The number of aromatic nitrogens is 2. The Kier molecular flexibility index (Phi) is 5.03. The van der Waals surface area contributed by atoms with Gasteiger partial charge in [-0.05, 0) is 6.07 Å². The SMILES string of the molecule is CC(=O)N1CCN(C(=O)/C(C#N)=C\Nc2ncccn2)CC1. The van der Waals surface area contributed by atoms with Crippen LogP contribution in [0.3, 0.4) is 0 Å². The van der Waals surface area contributed by atoms with Gasteiger partial charge in [0.2, 0.25) is 11.9 Å². The van der Waals surface area contributed by atoms with Crippen molar-refractivity contribution < 1.29 is 9.59 Å². The second-order valence-electron chi connectivity index (χ2n) is 4.68. The first kappa shape index (κ1) is 15.4. The topological polar surface area (TPSA) is 102 Å². The molecule has 1 N–H and O–H groups in total. The number of piperazine rings is 1. The third-order valence-electron chi connectivity index (χ3n) is 3.27. The van der Waals surface area contributed by atoms with Gasteiger partial charge in [-0.15, -0.1) is 0 Å². The van der Waals surface area contributed by atoms with Gasteiger partial charge in [-0.25, -0.2) is 9.97 Å². The lowest BCUT2D eigenvalue weighted by atomic mass is 10.2. The molecule has 0 aliphatic carbocycles. The van der Waals surface area contributed by atoms with Crippen LogP contribution >= 0.6 is 0 Å². The van der Waals surface area contributed by atoms with Crippen molar-refractivity contribution in [1.82, 2.24) is 19.8 Å². The summed E-state index contributed by atoms with van der Waals surface area (Å²) in [5.74, 6) is -0.0652. The zero-order chi connectivity index (χ0) is 15.9. The number of nitrogens with zero attached hydrogens (tertiary/aromatic N) is 5. The molecule has 0 unspecified atom stereocenters. The molecule has 0 saturated carbocycles. The minimum Gasteiger partial charge on any atom is -0.339 e. The molecular formula is C14H16N6O2. The molecule has 8 heteroatoms. The van der Waals surface area contributed by atoms with Crippen LogP contribution in [0.4, 0.5) is 5.95 Å². The number of rotatable bonds is 3. The van der Waals surface area contributed by atoms with E-state index in [9.17, 15) is 9.59 Å². The van der Waals surface area contributed by atoms with Gasteiger partial charge >= 0.3 is 0 Å². The Labute approximate surface area is 128 Å². The van der Waals surface area contributed by atoms with Crippen LogP contribution in [0.25, 0.3) is 0 Å². The maximum absolute atomic E-state index is 12.3. The molecule has 0 atom stereocenters. The number of anilines is 1. The molecule has 114 valence electrons. The quantitative estimate of drug-likeness (QED) is 0.622. The lowest BCUT2D eigenvalue weighted by Gasteiger charge is -2.34. The normalized spacial score (nSPS) is 15.2. The molecule has 0 bridgehead atoms. The molecule has 1 fully saturated rings.